The van der Waals surface area contributed by atoms with Crippen molar-refractivity contribution >= 4 is 0 Å². The van der Waals surface area contributed by atoms with E-state index in [1.165, 1.54) is 37.7 Å². The zero-order chi connectivity index (χ0) is 13.1. The first-order chi connectivity index (χ1) is 8.62. The molecule has 1 aromatic carbocycles. The van der Waals surface area contributed by atoms with E-state index in [0.717, 1.165) is 6.61 Å². The highest BCUT2D eigenvalue weighted by atomic mass is 16.5. The monoisotopic (exact) mass is 246 g/mol. The molecular formula is C17H26O. The minimum absolute atomic E-state index is 0.335. The summed E-state index contributed by atoms with van der Waals surface area (Å²) < 4.78 is 5.22. The topological polar surface area (TPSA) is 9.23 Å². The van der Waals surface area contributed by atoms with Crippen LogP contribution in [0, 0.1) is 5.41 Å². The van der Waals surface area contributed by atoms with Gasteiger partial charge in [-0.15, -0.1) is 0 Å². The van der Waals surface area contributed by atoms with Gasteiger partial charge >= 0.3 is 0 Å². The number of hydrogen-bond donors (Lipinski definition) is 0. The first kappa shape index (κ1) is 13.6. The quantitative estimate of drug-likeness (QED) is 0.692. The van der Waals surface area contributed by atoms with Crippen LogP contribution < -0.4 is 0 Å². The molecule has 1 aromatic rings. The zero-order valence-electron chi connectivity index (χ0n) is 12.0. The molecule has 0 aromatic heterocycles. The van der Waals surface area contributed by atoms with Crippen LogP contribution in [0.4, 0.5) is 0 Å². The molecule has 1 aliphatic rings. The second-order valence-electron chi connectivity index (χ2n) is 6.21. The van der Waals surface area contributed by atoms with Crippen molar-refractivity contribution in [2.75, 3.05) is 13.7 Å². The van der Waals surface area contributed by atoms with Gasteiger partial charge in [-0.3, -0.25) is 0 Å². The molecule has 0 amide bonds. The molecular weight excluding hydrogens is 220 g/mol. The second-order valence-corrected chi connectivity index (χ2v) is 6.21. The summed E-state index contributed by atoms with van der Waals surface area (Å²) in [6, 6.07) is 11.1. The molecule has 1 saturated carbocycles. The Labute approximate surface area is 112 Å². The van der Waals surface area contributed by atoms with Gasteiger partial charge in [0.05, 0.1) is 0 Å². The number of rotatable bonds is 5. The van der Waals surface area contributed by atoms with Crippen molar-refractivity contribution in [3.8, 4) is 0 Å². The molecule has 0 saturated heterocycles. The molecule has 1 aliphatic carbocycles. The van der Waals surface area contributed by atoms with E-state index in [1.807, 2.05) is 0 Å². The number of hydrogen-bond acceptors (Lipinski definition) is 1. The van der Waals surface area contributed by atoms with Crippen LogP contribution in [0.25, 0.3) is 0 Å². The average Bonchev–Trinajstić information content (AvgIpc) is 2.69. The maximum absolute atomic E-state index is 5.22. The van der Waals surface area contributed by atoms with E-state index in [4.69, 9.17) is 4.74 Å². The van der Waals surface area contributed by atoms with Crippen LogP contribution >= 0.6 is 0 Å². The third-order valence-corrected chi connectivity index (χ3v) is 5.23. The van der Waals surface area contributed by atoms with Crippen molar-refractivity contribution in [1.29, 1.82) is 0 Å². The molecule has 0 bridgehead atoms. The van der Waals surface area contributed by atoms with E-state index >= 15 is 0 Å². The first-order valence-electron chi connectivity index (χ1n) is 7.17. The third-order valence-electron chi connectivity index (χ3n) is 5.23. The van der Waals surface area contributed by atoms with Gasteiger partial charge in [0, 0.05) is 13.7 Å². The molecule has 100 valence electrons. The summed E-state index contributed by atoms with van der Waals surface area (Å²) in [5.41, 5.74) is 2.27. The predicted molar refractivity (Wildman–Crippen MR) is 76.9 cm³/mol. The average molecular weight is 246 g/mol. The lowest BCUT2D eigenvalue weighted by atomic mass is 9.62. The van der Waals surface area contributed by atoms with Gasteiger partial charge in [0.15, 0.2) is 0 Å². The lowest BCUT2D eigenvalue weighted by Gasteiger charge is -2.42. The summed E-state index contributed by atoms with van der Waals surface area (Å²) in [6.45, 7) is 5.82. The standard InChI is InChI=1S/C17H26O/c1-16(12-8-14-18-3)11-7-13-17(16,2)15-9-5-4-6-10-15/h4-6,9-10H,7-8,11-14H2,1-3H3/t16-,17+/m0/s1. The van der Waals surface area contributed by atoms with Crippen molar-refractivity contribution < 1.29 is 4.74 Å². The highest BCUT2D eigenvalue weighted by molar-refractivity contribution is 5.29. The molecule has 1 fully saturated rings. The Morgan fingerprint density at radius 3 is 2.50 bits per heavy atom. The van der Waals surface area contributed by atoms with Crippen LogP contribution in [0.3, 0.4) is 0 Å². The SMILES string of the molecule is COCCC[C@]1(C)CCC[C@]1(C)c1ccccc1. The van der Waals surface area contributed by atoms with Gasteiger partial charge in [0.2, 0.25) is 0 Å². The van der Waals surface area contributed by atoms with E-state index in [0.29, 0.717) is 10.8 Å². The Hall–Kier alpha value is -0.820. The highest BCUT2D eigenvalue weighted by Crippen LogP contribution is 2.56. The Balaban J connectivity index is 2.19. The minimum Gasteiger partial charge on any atom is -0.385 e. The summed E-state index contributed by atoms with van der Waals surface area (Å²) in [5, 5.41) is 0. The molecule has 0 spiro atoms. The van der Waals surface area contributed by atoms with Crippen molar-refractivity contribution in [3.63, 3.8) is 0 Å². The molecule has 0 heterocycles. The predicted octanol–water partition coefficient (Wildman–Crippen LogP) is 4.56. The molecule has 0 aliphatic heterocycles. The van der Waals surface area contributed by atoms with Gasteiger partial charge in [-0.1, -0.05) is 50.6 Å². The molecule has 2 atom stereocenters. The van der Waals surface area contributed by atoms with Crippen LogP contribution in [0.15, 0.2) is 30.3 Å². The van der Waals surface area contributed by atoms with E-state index < -0.39 is 0 Å². The van der Waals surface area contributed by atoms with Crippen molar-refractivity contribution in [2.45, 2.75) is 51.4 Å². The molecule has 2 rings (SSSR count). The fraction of sp³-hybridized carbons (Fsp3) is 0.647. The van der Waals surface area contributed by atoms with Crippen LogP contribution in [-0.4, -0.2) is 13.7 Å². The Kier molecular flexibility index (Phi) is 4.11. The molecule has 1 nitrogen and oxygen atoms in total. The van der Waals surface area contributed by atoms with Crippen molar-refractivity contribution in [2.24, 2.45) is 5.41 Å². The van der Waals surface area contributed by atoms with Gasteiger partial charge in [-0.25, -0.2) is 0 Å². The number of benzene rings is 1. The molecule has 18 heavy (non-hydrogen) atoms. The van der Waals surface area contributed by atoms with Gasteiger partial charge in [-0.05, 0) is 42.1 Å². The van der Waals surface area contributed by atoms with Gasteiger partial charge in [0.1, 0.15) is 0 Å². The largest absolute Gasteiger partial charge is 0.385 e. The fourth-order valence-electron chi connectivity index (χ4n) is 3.72. The van der Waals surface area contributed by atoms with Gasteiger partial charge in [-0.2, -0.15) is 0 Å². The number of methoxy groups -OCH3 is 1. The lowest BCUT2D eigenvalue weighted by Crippen LogP contribution is -2.36. The molecule has 1 heteroatoms. The van der Waals surface area contributed by atoms with Crippen LogP contribution in [0.5, 0.6) is 0 Å². The third kappa shape index (κ3) is 2.33. The van der Waals surface area contributed by atoms with E-state index in [-0.39, 0.29) is 0 Å². The maximum atomic E-state index is 5.22. The molecule has 0 radical (unpaired) electrons. The molecule has 0 unspecified atom stereocenters. The number of ether oxygens (including phenoxy) is 1. The maximum Gasteiger partial charge on any atom is 0.0462 e. The summed E-state index contributed by atoms with van der Waals surface area (Å²) in [6.07, 6.45) is 6.47. The van der Waals surface area contributed by atoms with Crippen molar-refractivity contribution in [1.82, 2.24) is 0 Å². The van der Waals surface area contributed by atoms with Crippen LogP contribution in [0.1, 0.15) is 51.5 Å². The van der Waals surface area contributed by atoms with E-state index in [9.17, 15) is 0 Å². The Morgan fingerprint density at radius 2 is 1.83 bits per heavy atom. The summed E-state index contributed by atoms with van der Waals surface area (Å²) in [5.74, 6) is 0. The normalized spacial score (nSPS) is 31.7. The van der Waals surface area contributed by atoms with E-state index in [1.54, 1.807) is 7.11 Å². The van der Waals surface area contributed by atoms with Gasteiger partial charge < -0.3 is 4.74 Å². The van der Waals surface area contributed by atoms with Crippen LogP contribution in [-0.2, 0) is 10.2 Å². The fourth-order valence-corrected chi connectivity index (χ4v) is 3.72. The summed E-state index contributed by atoms with van der Waals surface area (Å²) in [7, 11) is 1.80. The van der Waals surface area contributed by atoms with Crippen molar-refractivity contribution in [3.05, 3.63) is 35.9 Å². The first-order valence-corrected chi connectivity index (χ1v) is 7.17. The summed E-state index contributed by atoms with van der Waals surface area (Å²) >= 11 is 0. The summed E-state index contributed by atoms with van der Waals surface area (Å²) in [4.78, 5) is 0. The van der Waals surface area contributed by atoms with E-state index in [2.05, 4.69) is 44.2 Å². The second kappa shape index (κ2) is 5.44. The smallest absolute Gasteiger partial charge is 0.0462 e. The minimum atomic E-state index is 0.335. The lowest BCUT2D eigenvalue weighted by molar-refractivity contribution is 0.136. The Morgan fingerprint density at radius 1 is 1.11 bits per heavy atom. The highest BCUT2D eigenvalue weighted by Gasteiger charge is 2.48. The van der Waals surface area contributed by atoms with Gasteiger partial charge in [0.25, 0.3) is 0 Å². The zero-order valence-corrected chi connectivity index (χ0v) is 12.0. The Bertz CT molecular complexity index is 372. The van der Waals surface area contributed by atoms with Crippen LogP contribution in [0.2, 0.25) is 0 Å². The molecule has 0 N–H and O–H groups in total.